The summed E-state index contributed by atoms with van der Waals surface area (Å²) < 4.78 is 0. The maximum absolute atomic E-state index is 12.6. The SMILES string of the molecule is Cc1cc(C=O)c(O)c(C(=O)N2CC[C@H](CN(C)C)C2)c1. The van der Waals surface area contributed by atoms with Gasteiger partial charge < -0.3 is 14.9 Å². The van der Waals surface area contributed by atoms with Gasteiger partial charge in [0, 0.05) is 19.6 Å². The smallest absolute Gasteiger partial charge is 0.257 e. The largest absolute Gasteiger partial charge is 0.506 e. The summed E-state index contributed by atoms with van der Waals surface area (Å²) in [7, 11) is 4.04. The summed E-state index contributed by atoms with van der Waals surface area (Å²) in [5.74, 6) is 0.0543. The molecule has 2 rings (SSSR count). The van der Waals surface area contributed by atoms with Crippen molar-refractivity contribution in [3.05, 3.63) is 28.8 Å². The number of hydrogen-bond acceptors (Lipinski definition) is 4. The number of aryl methyl sites for hydroxylation is 1. The molecule has 0 radical (unpaired) electrons. The molecule has 1 aromatic carbocycles. The van der Waals surface area contributed by atoms with E-state index < -0.39 is 0 Å². The van der Waals surface area contributed by atoms with Gasteiger partial charge in [-0.05, 0) is 51.1 Å². The van der Waals surface area contributed by atoms with Gasteiger partial charge in [0.2, 0.25) is 0 Å². The molecule has 1 atom stereocenters. The molecular weight excluding hydrogens is 268 g/mol. The molecule has 0 aromatic heterocycles. The highest BCUT2D eigenvalue weighted by atomic mass is 16.3. The van der Waals surface area contributed by atoms with E-state index in [9.17, 15) is 14.7 Å². The fourth-order valence-corrected chi connectivity index (χ4v) is 2.91. The summed E-state index contributed by atoms with van der Waals surface area (Å²) in [4.78, 5) is 27.4. The number of hydrogen-bond donors (Lipinski definition) is 1. The van der Waals surface area contributed by atoms with Crippen LogP contribution in [-0.2, 0) is 0 Å². The van der Waals surface area contributed by atoms with E-state index in [1.54, 1.807) is 17.0 Å². The normalized spacial score (nSPS) is 18.3. The minimum Gasteiger partial charge on any atom is -0.506 e. The van der Waals surface area contributed by atoms with E-state index >= 15 is 0 Å². The molecule has 5 nitrogen and oxygen atoms in total. The Bertz CT molecular complexity index is 555. The quantitative estimate of drug-likeness (QED) is 0.854. The van der Waals surface area contributed by atoms with Crippen LogP contribution >= 0.6 is 0 Å². The van der Waals surface area contributed by atoms with Crippen molar-refractivity contribution in [2.45, 2.75) is 13.3 Å². The molecule has 0 bridgehead atoms. The van der Waals surface area contributed by atoms with Gasteiger partial charge in [-0.15, -0.1) is 0 Å². The van der Waals surface area contributed by atoms with E-state index in [-0.39, 0.29) is 22.8 Å². The van der Waals surface area contributed by atoms with Gasteiger partial charge in [-0.1, -0.05) is 0 Å². The summed E-state index contributed by atoms with van der Waals surface area (Å²) in [5, 5.41) is 10.1. The topological polar surface area (TPSA) is 60.9 Å². The second-order valence-corrected chi connectivity index (χ2v) is 6.04. The van der Waals surface area contributed by atoms with Crippen molar-refractivity contribution in [3.63, 3.8) is 0 Å². The summed E-state index contributed by atoms with van der Waals surface area (Å²) in [5.41, 5.74) is 1.19. The number of amides is 1. The van der Waals surface area contributed by atoms with Gasteiger partial charge in [-0.2, -0.15) is 0 Å². The highest BCUT2D eigenvalue weighted by molar-refractivity contribution is 6.00. The van der Waals surface area contributed by atoms with Crippen LogP contribution in [0.2, 0.25) is 0 Å². The summed E-state index contributed by atoms with van der Waals surface area (Å²) in [6.07, 6.45) is 1.55. The molecule has 5 heteroatoms. The lowest BCUT2D eigenvalue weighted by Crippen LogP contribution is -2.31. The number of aromatic hydroxyl groups is 1. The number of benzene rings is 1. The first-order valence-corrected chi connectivity index (χ1v) is 7.15. The monoisotopic (exact) mass is 290 g/mol. The summed E-state index contributed by atoms with van der Waals surface area (Å²) >= 11 is 0. The number of rotatable bonds is 4. The number of phenols is 1. The third-order valence-corrected chi connectivity index (χ3v) is 3.84. The number of carbonyl (C=O) groups excluding carboxylic acids is 2. The van der Waals surface area contributed by atoms with E-state index in [2.05, 4.69) is 4.90 Å². The van der Waals surface area contributed by atoms with Gasteiger partial charge >= 0.3 is 0 Å². The van der Waals surface area contributed by atoms with E-state index in [0.29, 0.717) is 25.3 Å². The zero-order valence-corrected chi connectivity index (χ0v) is 12.8. The van der Waals surface area contributed by atoms with Gasteiger partial charge in [-0.25, -0.2) is 0 Å². The molecule has 1 aromatic rings. The van der Waals surface area contributed by atoms with Crippen LogP contribution in [0.3, 0.4) is 0 Å². The Balaban J connectivity index is 2.18. The third kappa shape index (κ3) is 3.42. The average Bonchev–Trinajstić information content (AvgIpc) is 2.87. The molecule has 0 aliphatic carbocycles. The first kappa shape index (κ1) is 15.5. The number of likely N-dealkylation sites (tertiary alicyclic amines) is 1. The standard InChI is InChI=1S/C16H22N2O3/c1-11-6-13(10-19)15(20)14(7-11)16(21)18-5-4-12(9-18)8-17(2)3/h6-7,10,12,20H,4-5,8-9H2,1-3H3/t12-/m1/s1. The molecule has 114 valence electrons. The first-order valence-electron chi connectivity index (χ1n) is 7.15. The lowest BCUT2D eigenvalue weighted by Gasteiger charge is -2.19. The molecule has 1 fully saturated rings. The molecular formula is C16H22N2O3. The Hall–Kier alpha value is -1.88. The molecule has 1 aliphatic heterocycles. The fraction of sp³-hybridized carbons (Fsp3) is 0.500. The van der Waals surface area contributed by atoms with Crippen LogP contribution in [0.15, 0.2) is 12.1 Å². The van der Waals surface area contributed by atoms with Gasteiger partial charge in [0.15, 0.2) is 6.29 Å². The number of aldehydes is 1. The van der Waals surface area contributed by atoms with Crippen LogP contribution in [0.5, 0.6) is 5.75 Å². The minimum absolute atomic E-state index is 0.169. The van der Waals surface area contributed by atoms with Gasteiger partial charge in [0.05, 0.1) is 11.1 Å². The van der Waals surface area contributed by atoms with Crippen LogP contribution < -0.4 is 0 Å². The van der Waals surface area contributed by atoms with E-state index in [0.717, 1.165) is 18.5 Å². The number of nitrogens with zero attached hydrogens (tertiary/aromatic N) is 2. The summed E-state index contributed by atoms with van der Waals surface area (Å²) in [6, 6.07) is 3.22. The van der Waals surface area contributed by atoms with Crippen molar-refractivity contribution >= 4 is 12.2 Å². The van der Waals surface area contributed by atoms with E-state index in [1.165, 1.54) is 0 Å². The molecule has 0 saturated carbocycles. The van der Waals surface area contributed by atoms with Crippen LogP contribution in [0.4, 0.5) is 0 Å². The number of phenolic OH excluding ortho intramolecular Hbond substituents is 1. The van der Waals surface area contributed by atoms with Crippen LogP contribution in [0.25, 0.3) is 0 Å². The highest BCUT2D eigenvalue weighted by Gasteiger charge is 2.29. The van der Waals surface area contributed by atoms with E-state index in [1.807, 2.05) is 21.0 Å². The minimum atomic E-state index is -0.211. The molecule has 1 aliphatic rings. The van der Waals surface area contributed by atoms with Crippen molar-refractivity contribution in [1.82, 2.24) is 9.80 Å². The zero-order chi connectivity index (χ0) is 15.6. The molecule has 1 heterocycles. The predicted molar refractivity (Wildman–Crippen MR) is 80.8 cm³/mol. The molecule has 21 heavy (non-hydrogen) atoms. The molecule has 0 spiro atoms. The Morgan fingerprint density at radius 2 is 2.19 bits per heavy atom. The van der Waals surface area contributed by atoms with Crippen molar-refractivity contribution in [3.8, 4) is 5.75 Å². The number of carbonyl (C=O) groups is 2. The van der Waals surface area contributed by atoms with Gasteiger partial charge in [0.25, 0.3) is 5.91 Å². The molecule has 1 amide bonds. The van der Waals surface area contributed by atoms with Gasteiger partial charge in [-0.3, -0.25) is 9.59 Å². The van der Waals surface area contributed by atoms with Crippen molar-refractivity contribution in [2.24, 2.45) is 5.92 Å². The Kier molecular flexibility index (Phi) is 4.63. The van der Waals surface area contributed by atoms with Crippen LogP contribution in [-0.4, -0.2) is 60.8 Å². The predicted octanol–water partition coefficient (Wildman–Crippen LogP) is 1.54. The lowest BCUT2D eigenvalue weighted by atomic mass is 10.0. The maximum Gasteiger partial charge on any atom is 0.257 e. The highest BCUT2D eigenvalue weighted by Crippen LogP contribution is 2.27. The third-order valence-electron chi connectivity index (χ3n) is 3.84. The van der Waals surface area contributed by atoms with Crippen molar-refractivity contribution in [1.29, 1.82) is 0 Å². The Labute approximate surface area is 125 Å². The second kappa shape index (κ2) is 6.26. The molecule has 1 N–H and O–H groups in total. The van der Waals surface area contributed by atoms with Gasteiger partial charge in [0.1, 0.15) is 5.75 Å². The van der Waals surface area contributed by atoms with E-state index in [4.69, 9.17) is 0 Å². The molecule has 1 saturated heterocycles. The maximum atomic E-state index is 12.6. The van der Waals surface area contributed by atoms with Crippen LogP contribution in [0, 0.1) is 12.8 Å². The second-order valence-electron chi connectivity index (χ2n) is 6.04. The summed E-state index contributed by atoms with van der Waals surface area (Å²) in [6.45, 7) is 4.15. The molecule has 0 unspecified atom stereocenters. The zero-order valence-electron chi connectivity index (χ0n) is 12.8. The Morgan fingerprint density at radius 1 is 1.48 bits per heavy atom. The fourth-order valence-electron chi connectivity index (χ4n) is 2.91. The average molecular weight is 290 g/mol. The lowest BCUT2D eigenvalue weighted by molar-refractivity contribution is 0.0782. The van der Waals surface area contributed by atoms with Crippen molar-refractivity contribution < 1.29 is 14.7 Å². The Morgan fingerprint density at radius 3 is 2.81 bits per heavy atom. The van der Waals surface area contributed by atoms with Crippen molar-refractivity contribution in [2.75, 3.05) is 33.7 Å². The van der Waals surface area contributed by atoms with Crippen LogP contribution in [0.1, 0.15) is 32.7 Å². The first-order chi connectivity index (χ1) is 9.92.